The topological polar surface area (TPSA) is 68.0 Å². The Morgan fingerprint density at radius 2 is 2.29 bits per heavy atom. The normalized spacial score (nSPS) is 17.5. The van der Waals surface area contributed by atoms with Gasteiger partial charge in [-0.25, -0.2) is 0 Å². The number of nitrogens with two attached hydrogens (primary N) is 1. The average molecular weight is 191 g/mol. The molecule has 0 spiro atoms. The first kappa shape index (κ1) is 8.99. The molecule has 3 N–H and O–H groups in total. The van der Waals surface area contributed by atoms with E-state index >= 15 is 0 Å². The van der Waals surface area contributed by atoms with Crippen molar-refractivity contribution in [2.24, 2.45) is 0 Å². The van der Waals surface area contributed by atoms with Gasteiger partial charge in [-0.05, 0) is 25.0 Å². The van der Waals surface area contributed by atoms with Gasteiger partial charge in [-0.2, -0.15) is 0 Å². The zero-order valence-corrected chi connectivity index (χ0v) is 8.08. The van der Waals surface area contributed by atoms with Crippen LogP contribution in [0.2, 0.25) is 0 Å². The second-order valence-electron chi connectivity index (χ2n) is 3.64. The maximum absolute atomic E-state index is 11.6. The summed E-state index contributed by atoms with van der Waals surface area (Å²) >= 11 is 0. The van der Waals surface area contributed by atoms with E-state index in [2.05, 4.69) is 10.3 Å². The highest BCUT2D eigenvalue weighted by Gasteiger charge is 2.52. The van der Waals surface area contributed by atoms with Crippen LogP contribution in [0.15, 0.2) is 18.3 Å². The summed E-state index contributed by atoms with van der Waals surface area (Å²) in [6.45, 7) is 0. The highest BCUT2D eigenvalue weighted by Crippen LogP contribution is 2.47. The molecule has 4 heteroatoms. The van der Waals surface area contributed by atoms with Crippen LogP contribution in [0.4, 0.5) is 5.69 Å². The van der Waals surface area contributed by atoms with Crippen LogP contribution in [0.1, 0.15) is 18.5 Å². The number of hydrogen-bond acceptors (Lipinski definition) is 3. The van der Waals surface area contributed by atoms with Crippen molar-refractivity contribution in [3.8, 4) is 0 Å². The molecule has 1 fully saturated rings. The van der Waals surface area contributed by atoms with E-state index in [0.29, 0.717) is 5.69 Å². The monoisotopic (exact) mass is 191 g/mol. The minimum atomic E-state index is -0.373. The van der Waals surface area contributed by atoms with Gasteiger partial charge in [0.15, 0.2) is 0 Å². The first-order valence-electron chi connectivity index (χ1n) is 4.63. The zero-order chi connectivity index (χ0) is 10.2. The number of carbonyl (C=O) groups excluding carboxylic acids is 1. The summed E-state index contributed by atoms with van der Waals surface area (Å²) < 4.78 is 0. The van der Waals surface area contributed by atoms with Gasteiger partial charge in [0.1, 0.15) is 0 Å². The number of carbonyl (C=O) groups is 1. The van der Waals surface area contributed by atoms with Gasteiger partial charge >= 0.3 is 0 Å². The quantitative estimate of drug-likeness (QED) is 0.712. The summed E-state index contributed by atoms with van der Waals surface area (Å²) in [5, 5.41) is 2.67. The number of hydrogen-bond donors (Lipinski definition) is 2. The van der Waals surface area contributed by atoms with Crippen LogP contribution in [-0.2, 0) is 10.2 Å². The molecule has 74 valence electrons. The third kappa shape index (κ3) is 1.23. The first-order chi connectivity index (χ1) is 6.69. The number of nitrogens with zero attached hydrogens (tertiary/aromatic N) is 1. The highest BCUT2D eigenvalue weighted by molar-refractivity contribution is 5.90. The second-order valence-corrected chi connectivity index (χ2v) is 3.64. The summed E-state index contributed by atoms with van der Waals surface area (Å²) in [6, 6.07) is 3.61. The smallest absolute Gasteiger partial charge is 0.232 e. The van der Waals surface area contributed by atoms with Gasteiger partial charge in [-0.3, -0.25) is 9.78 Å². The lowest BCUT2D eigenvalue weighted by Crippen LogP contribution is -2.32. The van der Waals surface area contributed by atoms with Gasteiger partial charge < -0.3 is 11.1 Å². The number of rotatable bonds is 2. The molecule has 1 aliphatic carbocycles. The Kier molecular flexibility index (Phi) is 1.91. The Morgan fingerprint density at radius 3 is 2.71 bits per heavy atom. The number of anilines is 1. The largest absolute Gasteiger partial charge is 0.397 e. The Hall–Kier alpha value is -1.58. The molecule has 0 saturated heterocycles. The van der Waals surface area contributed by atoms with Crippen LogP contribution in [0.25, 0.3) is 0 Å². The van der Waals surface area contributed by atoms with Gasteiger partial charge in [-0.1, -0.05) is 0 Å². The van der Waals surface area contributed by atoms with Gasteiger partial charge in [0.2, 0.25) is 5.91 Å². The van der Waals surface area contributed by atoms with Crippen LogP contribution >= 0.6 is 0 Å². The van der Waals surface area contributed by atoms with E-state index in [4.69, 9.17) is 5.73 Å². The molecule has 0 unspecified atom stereocenters. The van der Waals surface area contributed by atoms with Crippen molar-refractivity contribution in [1.29, 1.82) is 0 Å². The number of amides is 1. The molecule has 1 aromatic heterocycles. The number of aromatic nitrogens is 1. The first-order valence-corrected chi connectivity index (χ1v) is 4.63. The van der Waals surface area contributed by atoms with Crippen molar-refractivity contribution in [2.75, 3.05) is 12.8 Å². The molecule has 1 amide bonds. The van der Waals surface area contributed by atoms with E-state index in [0.717, 1.165) is 18.5 Å². The van der Waals surface area contributed by atoms with E-state index in [1.54, 1.807) is 19.3 Å². The zero-order valence-electron chi connectivity index (χ0n) is 8.08. The van der Waals surface area contributed by atoms with E-state index in [1.165, 1.54) is 0 Å². The number of nitrogens with one attached hydrogen (secondary N) is 1. The van der Waals surface area contributed by atoms with Gasteiger partial charge in [0, 0.05) is 7.05 Å². The van der Waals surface area contributed by atoms with Gasteiger partial charge in [0.25, 0.3) is 0 Å². The maximum Gasteiger partial charge on any atom is 0.232 e. The molecule has 0 atom stereocenters. The predicted molar refractivity (Wildman–Crippen MR) is 53.6 cm³/mol. The molecule has 4 nitrogen and oxygen atoms in total. The summed E-state index contributed by atoms with van der Waals surface area (Å²) in [4.78, 5) is 15.8. The molecule has 1 aromatic rings. The fourth-order valence-corrected chi connectivity index (χ4v) is 1.65. The Bertz CT molecular complexity index is 354. The minimum Gasteiger partial charge on any atom is -0.397 e. The Morgan fingerprint density at radius 1 is 1.57 bits per heavy atom. The molecular formula is C10H13N3O. The number of nitrogen functional groups attached to an aromatic ring is 1. The summed E-state index contributed by atoms with van der Waals surface area (Å²) in [7, 11) is 1.65. The van der Waals surface area contributed by atoms with Crippen molar-refractivity contribution in [2.45, 2.75) is 18.3 Å². The maximum atomic E-state index is 11.6. The molecule has 1 saturated carbocycles. The molecule has 0 aromatic carbocycles. The van der Waals surface area contributed by atoms with Crippen molar-refractivity contribution in [3.63, 3.8) is 0 Å². The lowest BCUT2D eigenvalue weighted by atomic mass is 10.0. The molecule has 2 rings (SSSR count). The minimum absolute atomic E-state index is 0.0507. The summed E-state index contributed by atoms with van der Waals surface area (Å²) in [6.07, 6.45) is 3.35. The second kappa shape index (κ2) is 2.97. The lowest BCUT2D eigenvalue weighted by Gasteiger charge is -2.12. The molecule has 0 bridgehead atoms. The average Bonchev–Trinajstić information content (AvgIpc) is 2.99. The van der Waals surface area contributed by atoms with Gasteiger partial charge in [0.05, 0.1) is 23.0 Å². The fraction of sp³-hybridized carbons (Fsp3) is 0.400. The van der Waals surface area contributed by atoms with E-state index < -0.39 is 0 Å². The molecular weight excluding hydrogens is 178 g/mol. The van der Waals surface area contributed by atoms with E-state index in [-0.39, 0.29) is 11.3 Å². The molecule has 1 heterocycles. The van der Waals surface area contributed by atoms with Crippen LogP contribution in [0.5, 0.6) is 0 Å². The summed E-state index contributed by atoms with van der Waals surface area (Å²) in [5.74, 6) is 0.0507. The molecule has 1 aliphatic rings. The third-order valence-electron chi connectivity index (χ3n) is 2.69. The fourth-order valence-electron chi connectivity index (χ4n) is 1.65. The number of pyridine rings is 1. The SMILES string of the molecule is CNC(=O)C1(c2ccc(N)cn2)CC1. The Labute approximate surface area is 82.5 Å². The lowest BCUT2D eigenvalue weighted by molar-refractivity contribution is -0.123. The Balaban J connectivity index is 2.31. The highest BCUT2D eigenvalue weighted by atomic mass is 16.2. The van der Waals surface area contributed by atoms with Crippen LogP contribution in [0.3, 0.4) is 0 Å². The standard InChI is InChI=1S/C10H13N3O/c1-12-9(14)10(4-5-10)8-3-2-7(11)6-13-8/h2-3,6H,4-5,11H2,1H3,(H,12,14). The third-order valence-corrected chi connectivity index (χ3v) is 2.69. The molecule has 0 aliphatic heterocycles. The van der Waals surface area contributed by atoms with Crippen LogP contribution in [-0.4, -0.2) is 17.9 Å². The summed E-state index contributed by atoms with van der Waals surface area (Å²) in [5.41, 5.74) is 6.61. The predicted octanol–water partition coefficient (Wildman–Crippen LogP) is 0.441. The van der Waals surface area contributed by atoms with Crippen molar-refractivity contribution < 1.29 is 4.79 Å². The van der Waals surface area contributed by atoms with Gasteiger partial charge in [-0.15, -0.1) is 0 Å². The number of likely N-dealkylation sites (N-methyl/N-ethyl adjacent to an activating group) is 1. The van der Waals surface area contributed by atoms with Crippen molar-refractivity contribution >= 4 is 11.6 Å². The molecule has 14 heavy (non-hydrogen) atoms. The molecule has 0 radical (unpaired) electrons. The van der Waals surface area contributed by atoms with E-state index in [1.807, 2.05) is 6.07 Å². The van der Waals surface area contributed by atoms with E-state index in [9.17, 15) is 4.79 Å². The van der Waals surface area contributed by atoms with Crippen molar-refractivity contribution in [3.05, 3.63) is 24.0 Å². The van der Waals surface area contributed by atoms with Crippen LogP contribution < -0.4 is 11.1 Å². The van der Waals surface area contributed by atoms with Crippen LogP contribution in [0, 0.1) is 0 Å². The van der Waals surface area contributed by atoms with Crippen molar-refractivity contribution in [1.82, 2.24) is 10.3 Å².